The molecule has 0 amide bonds. The Morgan fingerprint density at radius 3 is 1.90 bits per heavy atom. The molecule has 1 nitrogen and oxygen atoms in total. The Morgan fingerprint density at radius 1 is 0.900 bits per heavy atom. The summed E-state index contributed by atoms with van der Waals surface area (Å²) in [6.07, 6.45) is 0. The molecule has 0 saturated carbocycles. The summed E-state index contributed by atoms with van der Waals surface area (Å²) in [5.41, 5.74) is 3.36. The molecule has 1 rings (SSSR count). The Morgan fingerprint density at radius 2 is 1.40 bits per heavy atom. The molecule has 0 atom stereocenters. The molecule has 0 radical (unpaired) electrons. The van der Waals surface area contributed by atoms with Gasteiger partial charge in [0.15, 0.2) is 0 Å². The lowest BCUT2D eigenvalue weighted by Gasteiger charge is -2.20. The maximum Gasteiger partial charge on any atom is 0.122 e. The Kier molecular flexibility index (Phi) is 5.91. The highest BCUT2D eigenvalue weighted by molar-refractivity contribution is 8.00. The monoisotopic (exact) mass is 312 g/mol. The molecule has 0 saturated heterocycles. The summed E-state index contributed by atoms with van der Waals surface area (Å²) in [4.78, 5) is 0. The fraction of sp³-hybridized carbons (Fsp3) is 0.647. The van der Waals surface area contributed by atoms with Crippen LogP contribution in [0.15, 0.2) is 12.1 Å². The van der Waals surface area contributed by atoms with Crippen LogP contribution in [0.2, 0.25) is 0 Å². The second-order valence-corrected chi connectivity index (χ2v) is 10.8. The molecular weight excluding hydrogens is 284 g/mol. The number of hydrogen-bond acceptors (Lipinski definition) is 3. The summed E-state index contributed by atoms with van der Waals surface area (Å²) in [6.45, 7) is 15.3. The standard InChI is InChI=1S/C17H28OS2/c1-12-8-13(10-19-16(2,3)4)9-14(15(12)18)11-20-17(5,6)7/h8-9,18H,10-11H2,1-7H3. The van der Waals surface area contributed by atoms with Crippen molar-refractivity contribution in [1.82, 2.24) is 0 Å². The van der Waals surface area contributed by atoms with E-state index in [0.29, 0.717) is 5.75 Å². The number of hydrogen-bond donors (Lipinski definition) is 1. The molecule has 0 heterocycles. The van der Waals surface area contributed by atoms with Gasteiger partial charge in [-0.3, -0.25) is 0 Å². The quantitative estimate of drug-likeness (QED) is 0.762. The first-order valence-electron chi connectivity index (χ1n) is 7.07. The maximum absolute atomic E-state index is 10.2. The van der Waals surface area contributed by atoms with Crippen molar-refractivity contribution in [1.29, 1.82) is 0 Å². The van der Waals surface area contributed by atoms with Crippen LogP contribution in [-0.4, -0.2) is 14.6 Å². The van der Waals surface area contributed by atoms with Gasteiger partial charge in [-0.15, -0.1) is 0 Å². The largest absolute Gasteiger partial charge is 0.507 e. The molecule has 1 aromatic carbocycles. The van der Waals surface area contributed by atoms with Gasteiger partial charge in [-0.25, -0.2) is 0 Å². The number of thioether (sulfide) groups is 2. The van der Waals surface area contributed by atoms with Crippen molar-refractivity contribution in [3.8, 4) is 5.75 Å². The zero-order chi connectivity index (χ0) is 15.6. The molecule has 3 heteroatoms. The van der Waals surface area contributed by atoms with E-state index in [1.165, 1.54) is 5.56 Å². The van der Waals surface area contributed by atoms with Crippen LogP contribution in [0.1, 0.15) is 58.2 Å². The van der Waals surface area contributed by atoms with Crippen LogP contribution in [0.3, 0.4) is 0 Å². The van der Waals surface area contributed by atoms with Crippen molar-refractivity contribution in [3.05, 3.63) is 28.8 Å². The average Bonchev–Trinajstić information content (AvgIpc) is 2.26. The van der Waals surface area contributed by atoms with Gasteiger partial charge in [-0.1, -0.05) is 53.7 Å². The fourth-order valence-electron chi connectivity index (χ4n) is 1.72. The molecule has 0 aromatic heterocycles. The third-order valence-electron chi connectivity index (χ3n) is 2.77. The first-order valence-corrected chi connectivity index (χ1v) is 9.04. The van der Waals surface area contributed by atoms with Gasteiger partial charge in [-0.2, -0.15) is 23.5 Å². The van der Waals surface area contributed by atoms with Gasteiger partial charge in [0, 0.05) is 26.6 Å². The second-order valence-electron chi connectivity index (χ2n) is 7.22. The van der Waals surface area contributed by atoms with Gasteiger partial charge < -0.3 is 5.11 Å². The normalized spacial score (nSPS) is 12.8. The van der Waals surface area contributed by atoms with Crippen LogP contribution in [0.25, 0.3) is 0 Å². The number of rotatable bonds is 4. The van der Waals surface area contributed by atoms with E-state index in [9.17, 15) is 5.11 Å². The highest BCUT2D eigenvalue weighted by Gasteiger charge is 2.15. The predicted octanol–water partition coefficient (Wildman–Crippen LogP) is 5.76. The van der Waals surface area contributed by atoms with E-state index in [4.69, 9.17) is 0 Å². The minimum atomic E-state index is 0.219. The first-order chi connectivity index (χ1) is 8.98. The fourth-order valence-corrected chi connectivity index (χ4v) is 3.30. The molecule has 0 aliphatic heterocycles. The zero-order valence-corrected chi connectivity index (χ0v) is 15.5. The van der Waals surface area contributed by atoms with Gasteiger partial charge in [0.25, 0.3) is 0 Å². The lowest BCUT2D eigenvalue weighted by molar-refractivity contribution is 0.466. The van der Waals surface area contributed by atoms with E-state index >= 15 is 0 Å². The van der Waals surface area contributed by atoms with Crippen molar-refractivity contribution in [2.75, 3.05) is 0 Å². The molecule has 1 aromatic rings. The molecule has 1 N–H and O–H groups in total. The third-order valence-corrected chi connectivity index (χ3v) is 5.44. The van der Waals surface area contributed by atoms with E-state index in [1.54, 1.807) is 0 Å². The van der Waals surface area contributed by atoms with Crippen molar-refractivity contribution < 1.29 is 5.11 Å². The Labute approximate surface area is 132 Å². The van der Waals surface area contributed by atoms with Crippen molar-refractivity contribution in [2.24, 2.45) is 0 Å². The second kappa shape index (κ2) is 6.65. The summed E-state index contributed by atoms with van der Waals surface area (Å²) in [5, 5.41) is 10.2. The lowest BCUT2D eigenvalue weighted by atomic mass is 10.1. The average molecular weight is 313 g/mol. The molecule has 0 fully saturated rings. The number of aromatic hydroxyl groups is 1. The van der Waals surface area contributed by atoms with Crippen LogP contribution in [0.5, 0.6) is 5.75 Å². The van der Waals surface area contributed by atoms with Crippen molar-refractivity contribution in [2.45, 2.75) is 69.5 Å². The highest BCUT2D eigenvalue weighted by Crippen LogP contribution is 2.35. The summed E-state index contributed by atoms with van der Waals surface area (Å²) in [7, 11) is 0. The first kappa shape index (κ1) is 17.8. The van der Waals surface area contributed by atoms with Crippen LogP contribution < -0.4 is 0 Å². The van der Waals surface area contributed by atoms with Crippen molar-refractivity contribution in [3.63, 3.8) is 0 Å². The number of phenolic OH excluding ortho intramolecular Hbond substituents is 1. The van der Waals surface area contributed by atoms with Crippen LogP contribution in [0.4, 0.5) is 0 Å². The van der Waals surface area contributed by atoms with E-state index < -0.39 is 0 Å². The predicted molar refractivity (Wildman–Crippen MR) is 94.9 cm³/mol. The van der Waals surface area contributed by atoms with Gasteiger partial charge in [0.2, 0.25) is 0 Å². The topological polar surface area (TPSA) is 20.2 Å². The van der Waals surface area contributed by atoms with Crippen LogP contribution >= 0.6 is 23.5 Å². The van der Waals surface area contributed by atoms with E-state index in [2.05, 4.69) is 53.7 Å². The highest BCUT2D eigenvalue weighted by atomic mass is 32.2. The number of benzene rings is 1. The zero-order valence-electron chi connectivity index (χ0n) is 13.8. The third kappa shape index (κ3) is 6.45. The summed E-state index contributed by atoms with van der Waals surface area (Å²) in [6, 6.07) is 4.28. The number of aryl methyl sites for hydroxylation is 1. The molecule has 0 aliphatic rings. The van der Waals surface area contributed by atoms with Gasteiger partial charge in [-0.05, 0) is 18.1 Å². The van der Waals surface area contributed by atoms with Gasteiger partial charge in [0.05, 0.1) is 0 Å². The molecule has 0 spiro atoms. The lowest BCUT2D eigenvalue weighted by Crippen LogP contribution is -2.08. The smallest absolute Gasteiger partial charge is 0.122 e. The molecule has 0 unspecified atom stereocenters. The molecular formula is C17H28OS2. The molecule has 20 heavy (non-hydrogen) atoms. The summed E-state index contributed by atoms with van der Waals surface area (Å²) < 4.78 is 0.489. The maximum atomic E-state index is 10.2. The summed E-state index contributed by atoms with van der Waals surface area (Å²) in [5.74, 6) is 2.33. The molecule has 0 bridgehead atoms. The molecule has 114 valence electrons. The number of phenols is 1. The Hall–Kier alpha value is -0.280. The minimum absolute atomic E-state index is 0.219. The van der Waals surface area contributed by atoms with E-state index in [1.807, 2.05) is 30.4 Å². The minimum Gasteiger partial charge on any atom is -0.507 e. The van der Waals surface area contributed by atoms with E-state index in [0.717, 1.165) is 22.6 Å². The Bertz CT molecular complexity index is 453. The van der Waals surface area contributed by atoms with Gasteiger partial charge >= 0.3 is 0 Å². The SMILES string of the molecule is Cc1cc(CSC(C)(C)C)cc(CSC(C)(C)C)c1O. The summed E-state index contributed by atoms with van der Waals surface area (Å²) >= 11 is 3.82. The van der Waals surface area contributed by atoms with Gasteiger partial charge in [0.1, 0.15) is 5.75 Å². The Balaban J connectivity index is 2.86. The van der Waals surface area contributed by atoms with Crippen LogP contribution in [0, 0.1) is 6.92 Å². The van der Waals surface area contributed by atoms with Crippen LogP contribution in [-0.2, 0) is 11.5 Å². The molecule has 0 aliphatic carbocycles. The van der Waals surface area contributed by atoms with Crippen molar-refractivity contribution >= 4 is 23.5 Å². The van der Waals surface area contributed by atoms with E-state index in [-0.39, 0.29) is 9.49 Å².